The molecule has 0 spiro atoms. The SMILES string of the molecule is Cc1nccc2c1[nH]c1cc(OCCCCNC(=O)OC(C)(C)C)ccc12. The molecule has 0 aliphatic carbocycles. The van der Waals surface area contributed by atoms with E-state index in [2.05, 4.69) is 21.4 Å². The molecule has 6 nitrogen and oxygen atoms in total. The highest BCUT2D eigenvalue weighted by atomic mass is 16.6. The lowest BCUT2D eigenvalue weighted by molar-refractivity contribution is 0.0526. The number of unbranched alkanes of at least 4 members (excludes halogenated alkanes) is 1. The van der Waals surface area contributed by atoms with E-state index in [-0.39, 0.29) is 6.09 Å². The van der Waals surface area contributed by atoms with Crippen LogP contribution in [0.5, 0.6) is 5.75 Å². The molecule has 0 atom stereocenters. The predicted octanol–water partition coefficient (Wildman–Crippen LogP) is 4.71. The van der Waals surface area contributed by atoms with Gasteiger partial charge in [-0.25, -0.2) is 4.79 Å². The molecular weight excluding hydrogens is 342 g/mol. The maximum atomic E-state index is 11.6. The molecular formula is C21H27N3O3. The van der Waals surface area contributed by atoms with Crippen LogP contribution in [-0.2, 0) is 4.74 Å². The summed E-state index contributed by atoms with van der Waals surface area (Å²) in [7, 11) is 0. The van der Waals surface area contributed by atoms with Crippen molar-refractivity contribution in [1.29, 1.82) is 0 Å². The average molecular weight is 369 g/mol. The first-order chi connectivity index (χ1) is 12.8. The van der Waals surface area contributed by atoms with Gasteiger partial charge in [-0.2, -0.15) is 0 Å². The molecule has 3 rings (SSSR count). The average Bonchev–Trinajstić information content (AvgIpc) is 2.96. The number of carbonyl (C=O) groups excluding carboxylic acids is 1. The van der Waals surface area contributed by atoms with Crippen molar-refractivity contribution in [1.82, 2.24) is 15.3 Å². The molecule has 6 heteroatoms. The minimum atomic E-state index is -0.469. The number of H-pyrrole nitrogens is 1. The number of benzene rings is 1. The van der Waals surface area contributed by atoms with Crippen LogP contribution >= 0.6 is 0 Å². The number of aromatic nitrogens is 2. The topological polar surface area (TPSA) is 76.2 Å². The van der Waals surface area contributed by atoms with Gasteiger partial charge in [-0.3, -0.25) is 4.98 Å². The maximum absolute atomic E-state index is 11.6. The zero-order valence-corrected chi connectivity index (χ0v) is 16.4. The summed E-state index contributed by atoms with van der Waals surface area (Å²) in [6, 6.07) is 8.12. The highest BCUT2D eigenvalue weighted by Gasteiger charge is 2.15. The molecule has 27 heavy (non-hydrogen) atoms. The maximum Gasteiger partial charge on any atom is 0.407 e. The van der Waals surface area contributed by atoms with Crippen LogP contribution in [0.1, 0.15) is 39.3 Å². The van der Waals surface area contributed by atoms with E-state index >= 15 is 0 Å². The first kappa shape index (κ1) is 19.0. The van der Waals surface area contributed by atoms with Crippen LogP contribution in [0.4, 0.5) is 4.79 Å². The van der Waals surface area contributed by atoms with Gasteiger partial charge in [-0.05, 0) is 58.7 Å². The van der Waals surface area contributed by atoms with Gasteiger partial charge in [0.2, 0.25) is 0 Å². The van der Waals surface area contributed by atoms with Crippen molar-refractivity contribution in [2.45, 2.75) is 46.1 Å². The highest BCUT2D eigenvalue weighted by Crippen LogP contribution is 2.29. The Labute approximate surface area is 159 Å². The highest BCUT2D eigenvalue weighted by molar-refractivity contribution is 6.08. The first-order valence-electron chi connectivity index (χ1n) is 9.30. The van der Waals surface area contributed by atoms with Crippen molar-refractivity contribution in [2.24, 2.45) is 0 Å². The lowest BCUT2D eigenvalue weighted by Crippen LogP contribution is -2.33. The number of alkyl carbamates (subject to hydrolysis) is 1. The molecule has 0 unspecified atom stereocenters. The summed E-state index contributed by atoms with van der Waals surface area (Å²) in [5.41, 5.74) is 2.63. The van der Waals surface area contributed by atoms with Gasteiger partial charge in [0.1, 0.15) is 11.4 Å². The largest absolute Gasteiger partial charge is 0.494 e. The molecule has 2 aromatic heterocycles. The number of pyridine rings is 1. The van der Waals surface area contributed by atoms with E-state index in [9.17, 15) is 4.79 Å². The van der Waals surface area contributed by atoms with Crippen LogP contribution in [0.3, 0.4) is 0 Å². The fraction of sp³-hybridized carbons (Fsp3) is 0.429. The summed E-state index contributed by atoms with van der Waals surface area (Å²) in [4.78, 5) is 19.3. The number of aromatic amines is 1. The van der Waals surface area contributed by atoms with Gasteiger partial charge in [-0.15, -0.1) is 0 Å². The summed E-state index contributed by atoms with van der Waals surface area (Å²) in [5.74, 6) is 0.833. The summed E-state index contributed by atoms with van der Waals surface area (Å²) in [6.07, 6.45) is 3.14. The van der Waals surface area contributed by atoms with Crippen molar-refractivity contribution in [3.63, 3.8) is 0 Å². The molecule has 0 saturated carbocycles. The summed E-state index contributed by atoms with van der Waals surface area (Å²) in [6.45, 7) is 8.72. The number of nitrogens with one attached hydrogen (secondary N) is 2. The van der Waals surface area contributed by atoms with Gasteiger partial charge < -0.3 is 19.8 Å². The zero-order valence-electron chi connectivity index (χ0n) is 16.4. The lowest BCUT2D eigenvalue weighted by Gasteiger charge is -2.19. The number of nitrogens with zero attached hydrogens (tertiary/aromatic N) is 1. The van der Waals surface area contributed by atoms with Crippen molar-refractivity contribution < 1.29 is 14.3 Å². The van der Waals surface area contributed by atoms with Crippen LogP contribution in [-0.4, -0.2) is 34.8 Å². The minimum absolute atomic E-state index is 0.377. The molecule has 0 aliphatic rings. The van der Waals surface area contributed by atoms with E-state index in [0.29, 0.717) is 13.2 Å². The minimum Gasteiger partial charge on any atom is -0.494 e. The molecule has 0 saturated heterocycles. The van der Waals surface area contributed by atoms with Crippen LogP contribution in [0.25, 0.3) is 21.8 Å². The van der Waals surface area contributed by atoms with Gasteiger partial charge in [0.15, 0.2) is 0 Å². The quantitative estimate of drug-likeness (QED) is 0.617. The Morgan fingerprint density at radius 1 is 1.19 bits per heavy atom. The summed E-state index contributed by atoms with van der Waals surface area (Å²) in [5, 5.41) is 5.10. The zero-order chi connectivity index (χ0) is 19.4. The van der Waals surface area contributed by atoms with Gasteiger partial charge in [0, 0.05) is 29.6 Å². The molecule has 2 N–H and O–H groups in total. The van der Waals surface area contributed by atoms with E-state index in [1.807, 2.05) is 52.1 Å². The van der Waals surface area contributed by atoms with E-state index in [1.54, 1.807) is 0 Å². The third kappa shape index (κ3) is 4.90. The molecule has 1 amide bonds. The Bertz CT molecular complexity index is 941. The molecule has 144 valence electrons. The number of hydrogen-bond acceptors (Lipinski definition) is 4. The second-order valence-electron chi connectivity index (χ2n) is 7.64. The Balaban J connectivity index is 1.48. The standard InChI is InChI=1S/C21H27N3O3/c1-14-19-17(9-11-22-14)16-8-7-15(13-18(16)24-19)26-12-6-5-10-23-20(25)27-21(2,3)4/h7-9,11,13,24H,5-6,10,12H2,1-4H3,(H,23,25). The second kappa shape index (κ2) is 7.86. The Hall–Kier alpha value is -2.76. The second-order valence-corrected chi connectivity index (χ2v) is 7.64. The third-order valence-electron chi connectivity index (χ3n) is 4.19. The number of rotatable bonds is 6. The van der Waals surface area contributed by atoms with E-state index in [1.165, 1.54) is 10.8 Å². The van der Waals surface area contributed by atoms with Crippen molar-refractivity contribution in [2.75, 3.05) is 13.2 Å². The molecule has 3 aromatic rings. The van der Waals surface area contributed by atoms with E-state index in [4.69, 9.17) is 9.47 Å². The fourth-order valence-corrected chi connectivity index (χ4v) is 2.96. The number of fused-ring (bicyclic) bond motifs is 3. The molecule has 0 radical (unpaired) electrons. The van der Waals surface area contributed by atoms with Crippen LogP contribution in [0, 0.1) is 6.92 Å². The third-order valence-corrected chi connectivity index (χ3v) is 4.19. The molecule has 0 bridgehead atoms. The Morgan fingerprint density at radius 3 is 2.78 bits per heavy atom. The number of carbonyl (C=O) groups is 1. The summed E-state index contributed by atoms with van der Waals surface area (Å²) >= 11 is 0. The number of aryl methyl sites for hydroxylation is 1. The lowest BCUT2D eigenvalue weighted by atomic mass is 10.1. The predicted molar refractivity (Wildman–Crippen MR) is 107 cm³/mol. The molecule has 0 fully saturated rings. The number of hydrogen-bond donors (Lipinski definition) is 2. The number of ether oxygens (including phenoxy) is 2. The van der Waals surface area contributed by atoms with Crippen molar-refractivity contribution in [3.8, 4) is 5.75 Å². The van der Waals surface area contributed by atoms with Crippen molar-refractivity contribution >= 4 is 27.9 Å². The van der Waals surface area contributed by atoms with Gasteiger partial charge in [0.05, 0.1) is 23.3 Å². The fourth-order valence-electron chi connectivity index (χ4n) is 2.96. The van der Waals surface area contributed by atoms with Gasteiger partial charge in [0.25, 0.3) is 0 Å². The van der Waals surface area contributed by atoms with Crippen molar-refractivity contribution in [3.05, 3.63) is 36.2 Å². The van der Waals surface area contributed by atoms with Crippen LogP contribution in [0.15, 0.2) is 30.5 Å². The molecule has 2 heterocycles. The Morgan fingerprint density at radius 2 is 2.00 bits per heavy atom. The number of amides is 1. The van der Waals surface area contributed by atoms with Crippen LogP contribution in [0.2, 0.25) is 0 Å². The summed E-state index contributed by atoms with van der Waals surface area (Å²) < 4.78 is 11.0. The van der Waals surface area contributed by atoms with Gasteiger partial charge >= 0.3 is 6.09 Å². The van der Waals surface area contributed by atoms with Gasteiger partial charge in [-0.1, -0.05) is 0 Å². The van der Waals surface area contributed by atoms with E-state index in [0.717, 1.165) is 35.3 Å². The molecule has 1 aromatic carbocycles. The van der Waals surface area contributed by atoms with Crippen LogP contribution < -0.4 is 10.1 Å². The normalized spacial score (nSPS) is 11.7. The monoisotopic (exact) mass is 369 g/mol. The molecule has 0 aliphatic heterocycles. The Kier molecular flexibility index (Phi) is 5.54. The van der Waals surface area contributed by atoms with E-state index < -0.39 is 5.60 Å². The smallest absolute Gasteiger partial charge is 0.407 e. The first-order valence-corrected chi connectivity index (χ1v) is 9.30.